The van der Waals surface area contributed by atoms with E-state index in [-0.39, 0.29) is 29.6 Å². The Labute approximate surface area is 280 Å². The van der Waals surface area contributed by atoms with Crippen molar-refractivity contribution in [2.75, 3.05) is 7.11 Å². The van der Waals surface area contributed by atoms with Crippen LogP contribution in [0.25, 0.3) is 0 Å². The van der Waals surface area contributed by atoms with Crippen LogP contribution in [0.4, 0.5) is 0 Å². The Hall–Kier alpha value is -4.95. The molecule has 0 radical (unpaired) electrons. The summed E-state index contributed by atoms with van der Waals surface area (Å²) >= 11 is 0. The maximum absolute atomic E-state index is 13.2. The number of hydrogen-bond acceptors (Lipinski definition) is 12. The van der Waals surface area contributed by atoms with Crippen molar-refractivity contribution < 1.29 is 68.1 Å². The van der Waals surface area contributed by atoms with E-state index in [2.05, 4.69) is 6.92 Å². The molecule has 1 fully saturated rings. The number of rotatable bonds is 12. The zero-order valence-corrected chi connectivity index (χ0v) is 26.7. The number of aliphatic carboxylic acids is 2. The van der Waals surface area contributed by atoms with Crippen LogP contribution in [0.1, 0.15) is 61.8 Å². The Morgan fingerprint density at radius 2 is 1.73 bits per heavy atom. The minimum atomic E-state index is -2.12. The number of aliphatic hydroxyl groups is 2. The maximum atomic E-state index is 13.2. The largest absolute Gasteiger partial charge is 0.493 e. The highest BCUT2D eigenvalue weighted by molar-refractivity contribution is 5.87. The summed E-state index contributed by atoms with van der Waals surface area (Å²) in [5, 5.41) is 41.3. The molecule has 2 aromatic rings. The van der Waals surface area contributed by atoms with Crippen LogP contribution in [0.15, 0.2) is 54.3 Å². The third kappa shape index (κ3) is 5.68. The topological polar surface area (TPSA) is 212 Å². The SMILES string of the molecule is COc1ccc2c3c1O[C@H]1C(OC(=O)C[C@H](O)C(=O)O[C@H](C(=O)O[C@H](CC(=O)O)C(=O)O)c4ccccc4)=CC[C@@]4(O)[C@@H](C2)C(C)CC[C@]314. The Morgan fingerprint density at radius 3 is 2.41 bits per heavy atom. The van der Waals surface area contributed by atoms with Crippen molar-refractivity contribution in [3.05, 3.63) is 71.0 Å². The third-order valence-electron chi connectivity index (χ3n) is 10.2. The summed E-state index contributed by atoms with van der Waals surface area (Å²) in [6.45, 7) is 2.12. The fourth-order valence-electron chi connectivity index (χ4n) is 7.99. The third-order valence-corrected chi connectivity index (χ3v) is 10.2. The lowest BCUT2D eigenvalue weighted by atomic mass is 9.45. The van der Waals surface area contributed by atoms with Crippen molar-refractivity contribution in [1.82, 2.24) is 0 Å². The van der Waals surface area contributed by atoms with Crippen LogP contribution in [0, 0.1) is 11.8 Å². The van der Waals surface area contributed by atoms with Crippen molar-refractivity contribution in [2.45, 2.75) is 80.9 Å². The molecular formula is C35H36O14. The van der Waals surface area contributed by atoms with Crippen LogP contribution in [0.2, 0.25) is 0 Å². The van der Waals surface area contributed by atoms with Gasteiger partial charge in [-0.15, -0.1) is 0 Å². The average Bonchev–Trinajstić information content (AvgIpc) is 3.42. The normalized spacial score (nSPS) is 27.6. The van der Waals surface area contributed by atoms with Crippen LogP contribution < -0.4 is 9.47 Å². The maximum Gasteiger partial charge on any atom is 0.353 e. The quantitative estimate of drug-likeness (QED) is 0.187. The number of esters is 3. The first-order chi connectivity index (χ1) is 23.3. The highest BCUT2D eigenvalue weighted by atomic mass is 16.6. The van der Waals surface area contributed by atoms with Gasteiger partial charge in [-0.25, -0.2) is 14.4 Å². The minimum Gasteiger partial charge on any atom is -0.493 e. The van der Waals surface area contributed by atoms with E-state index in [0.717, 1.165) is 17.5 Å². The summed E-state index contributed by atoms with van der Waals surface area (Å²) in [4.78, 5) is 61.6. The molecule has 14 nitrogen and oxygen atoms in total. The number of hydrogen-bond donors (Lipinski definition) is 4. The second-order valence-electron chi connectivity index (χ2n) is 12.9. The van der Waals surface area contributed by atoms with Gasteiger partial charge in [0, 0.05) is 11.1 Å². The molecule has 3 aliphatic carbocycles. The van der Waals surface area contributed by atoms with Gasteiger partial charge in [0.05, 0.1) is 31.0 Å². The highest BCUT2D eigenvalue weighted by Gasteiger charge is 2.72. The van der Waals surface area contributed by atoms with Gasteiger partial charge in [-0.3, -0.25) is 9.59 Å². The van der Waals surface area contributed by atoms with Gasteiger partial charge in [-0.1, -0.05) is 43.3 Å². The molecule has 1 saturated carbocycles. The van der Waals surface area contributed by atoms with Gasteiger partial charge in [0.15, 0.2) is 23.7 Å². The molecule has 260 valence electrons. The number of methoxy groups -OCH3 is 1. The molecule has 1 aliphatic heterocycles. The van der Waals surface area contributed by atoms with Crippen molar-refractivity contribution in [1.29, 1.82) is 0 Å². The van der Waals surface area contributed by atoms with E-state index in [1.807, 2.05) is 12.1 Å². The molecule has 0 saturated heterocycles. The predicted octanol–water partition coefficient (Wildman–Crippen LogP) is 2.36. The Kier molecular flexibility index (Phi) is 8.88. The number of benzene rings is 2. The molecule has 49 heavy (non-hydrogen) atoms. The molecule has 1 heterocycles. The van der Waals surface area contributed by atoms with E-state index >= 15 is 0 Å². The van der Waals surface area contributed by atoms with Gasteiger partial charge in [-0.05, 0) is 55.2 Å². The second kappa shape index (κ2) is 12.8. The van der Waals surface area contributed by atoms with Crippen molar-refractivity contribution in [3.63, 3.8) is 0 Å². The monoisotopic (exact) mass is 680 g/mol. The van der Waals surface area contributed by atoms with E-state index in [1.165, 1.54) is 31.4 Å². The first-order valence-electron chi connectivity index (χ1n) is 15.9. The molecule has 0 amide bonds. The van der Waals surface area contributed by atoms with Crippen LogP contribution in [-0.4, -0.2) is 81.3 Å². The number of carbonyl (C=O) groups is 5. The zero-order valence-electron chi connectivity index (χ0n) is 26.7. The number of carboxylic acids is 2. The standard InChI is InChI=1S/C35H36O14/c1-17-10-12-34-27-19-8-9-22(45-2)29(27)48-30(34)23(11-13-35(34,44)20(17)14-19)46-26(39)15-21(36)32(42)49-28(18-6-4-3-5-7-18)33(43)47-24(31(40)41)16-25(37)38/h3-9,11,17,20-21,24,28,30,36,44H,10,12-16H2,1-2H3,(H,37,38)(H,40,41)/t17?,20-,21-,24+,28-,30-,34-,35+/m0/s1. The summed E-state index contributed by atoms with van der Waals surface area (Å²) < 4.78 is 27.8. The lowest BCUT2D eigenvalue weighted by molar-refractivity contribution is -0.183. The Bertz CT molecular complexity index is 1720. The number of carboxylic acid groups (broad SMARTS) is 2. The number of carbonyl (C=O) groups excluding carboxylic acids is 3. The average molecular weight is 681 g/mol. The molecular weight excluding hydrogens is 644 g/mol. The number of aliphatic hydroxyl groups excluding tert-OH is 1. The Morgan fingerprint density at radius 1 is 1.00 bits per heavy atom. The van der Waals surface area contributed by atoms with E-state index in [9.17, 15) is 39.3 Å². The molecule has 14 heteroatoms. The molecule has 8 atom stereocenters. The van der Waals surface area contributed by atoms with Gasteiger partial charge in [0.1, 0.15) is 5.76 Å². The van der Waals surface area contributed by atoms with Crippen LogP contribution in [-0.2, 0) is 50.0 Å². The summed E-state index contributed by atoms with van der Waals surface area (Å²) in [6, 6.07) is 11.1. The molecule has 4 N–H and O–H groups in total. The number of ether oxygens (including phenoxy) is 5. The smallest absolute Gasteiger partial charge is 0.353 e. The van der Waals surface area contributed by atoms with Crippen LogP contribution in [0.3, 0.4) is 0 Å². The summed E-state index contributed by atoms with van der Waals surface area (Å²) in [5.74, 6) is -5.87. The molecule has 2 aromatic carbocycles. The van der Waals surface area contributed by atoms with E-state index in [1.54, 1.807) is 12.1 Å². The lowest BCUT2D eigenvalue weighted by Gasteiger charge is -2.61. The molecule has 6 rings (SSSR count). The summed E-state index contributed by atoms with van der Waals surface area (Å²) in [6.07, 6.45) is -5.10. The molecule has 0 aromatic heterocycles. The first kappa shape index (κ1) is 33.9. The van der Waals surface area contributed by atoms with Crippen LogP contribution >= 0.6 is 0 Å². The second-order valence-corrected chi connectivity index (χ2v) is 12.9. The summed E-state index contributed by atoms with van der Waals surface area (Å²) in [7, 11) is 1.52. The van der Waals surface area contributed by atoms with E-state index in [4.69, 9.17) is 28.8 Å². The lowest BCUT2D eigenvalue weighted by Crippen LogP contribution is -2.69. The van der Waals surface area contributed by atoms with Crippen molar-refractivity contribution in [3.8, 4) is 11.5 Å². The fraction of sp³-hybridized carbons (Fsp3) is 0.457. The molecule has 1 unspecified atom stereocenters. The van der Waals surface area contributed by atoms with Gasteiger partial charge >= 0.3 is 29.8 Å². The first-order valence-corrected chi connectivity index (χ1v) is 15.9. The van der Waals surface area contributed by atoms with Crippen molar-refractivity contribution in [2.24, 2.45) is 11.8 Å². The predicted molar refractivity (Wildman–Crippen MR) is 164 cm³/mol. The van der Waals surface area contributed by atoms with E-state index < -0.39 is 78.1 Å². The van der Waals surface area contributed by atoms with Gasteiger partial charge in [0.2, 0.25) is 12.2 Å². The molecule has 2 bridgehead atoms. The molecule has 4 aliphatic rings. The molecule has 1 spiro atoms. The zero-order chi connectivity index (χ0) is 35.2. The van der Waals surface area contributed by atoms with Crippen LogP contribution in [0.5, 0.6) is 11.5 Å². The van der Waals surface area contributed by atoms with Gasteiger partial charge < -0.3 is 44.1 Å². The van der Waals surface area contributed by atoms with E-state index in [0.29, 0.717) is 24.3 Å². The Balaban J connectivity index is 1.18. The van der Waals surface area contributed by atoms with Crippen molar-refractivity contribution >= 4 is 29.8 Å². The van der Waals surface area contributed by atoms with Gasteiger partial charge in [-0.2, -0.15) is 0 Å². The van der Waals surface area contributed by atoms with Gasteiger partial charge in [0.25, 0.3) is 0 Å². The minimum absolute atomic E-state index is 0.0366. The fourth-order valence-corrected chi connectivity index (χ4v) is 7.99. The highest BCUT2D eigenvalue weighted by Crippen LogP contribution is 2.68. The summed E-state index contributed by atoms with van der Waals surface area (Å²) in [5.41, 5.74) is -0.171.